The molecule has 0 spiro atoms. The Kier molecular flexibility index (Phi) is 4.49. The van der Waals surface area contributed by atoms with E-state index in [4.69, 9.17) is 0 Å². The molecule has 0 aliphatic carbocycles. The minimum absolute atomic E-state index is 0.0166. The molecule has 0 saturated heterocycles. The number of hydrogen-bond donors (Lipinski definition) is 2. The maximum absolute atomic E-state index is 12.8. The first-order valence-electron chi connectivity index (χ1n) is 7.53. The summed E-state index contributed by atoms with van der Waals surface area (Å²) in [6.45, 7) is 2.39. The molecule has 0 unspecified atom stereocenters. The fraction of sp³-hybridized carbons (Fsp3) is 0.278. The Hall–Kier alpha value is -2.20. The van der Waals surface area contributed by atoms with Crippen molar-refractivity contribution in [3.05, 3.63) is 70.5 Å². The minimum Gasteiger partial charge on any atom is -0.352 e. The number of carbonyl (C=O) groups is 1. The molecule has 22 heavy (non-hydrogen) atoms. The van der Waals surface area contributed by atoms with Crippen LogP contribution in [0.1, 0.15) is 28.7 Å². The van der Waals surface area contributed by atoms with E-state index in [0.717, 1.165) is 24.2 Å². The van der Waals surface area contributed by atoms with Crippen LogP contribution in [0.2, 0.25) is 0 Å². The van der Waals surface area contributed by atoms with Crippen molar-refractivity contribution in [3.63, 3.8) is 0 Å². The first-order chi connectivity index (χ1) is 10.7. The Morgan fingerprint density at radius 1 is 1.05 bits per heavy atom. The average Bonchev–Trinajstić information content (AvgIpc) is 3.00. The Morgan fingerprint density at radius 3 is 2.59 bits per heavy atom. The fourth-order valence-corrected chi connectivity index (χ4v) is 2.66. The lowest BCUT2D eigenvalue weighted by Crippen LogP contribution is -2.23. The quantitative estimate of drug-likeness (QED) is 0.891. The third kappa shape index (κ3) is 3.71. The van der Waals surface area contributed by atoms with E-state index in [-0.39, 0.29) is 11.7 Å². The first kappa shape index (κ1) is 14.7. The number of fused-ring (bicyclic) bond motifs is 1. The van der Waals surface area contributed by atoms with Crippen LogP contribution in [0.25, 0.3) is 0 Å². The molecular formula is C18H19FN2O. The number of halogens is 1. The molecule has 2 aromatic carbocycles. The topological polar surface area (TPSA) is 41.1 Å². The molecule has 0 bridgehead atoms. The third-order valence-electron chi connectivity index (χ3n) is 3.95. The van der Waals surface area contributed by atoms with Gasteiger partial charge in [-0.25, -0.2) is 4.39 Å². The monoisotopic (exact) mass is 298 g/mol. The van der Waals surface area contributed by atoms with Gasteiger partial charge in [-0.2, -0.15) is 0 Å². The van der Waals surface area contributed by atoms with Crippen molar-refractivity contribution in [2.75, 3.05) is 0 Å². The molecule has 4 heteroatoms. The van der Waals surface area contributed by atoms with Crippen molar-refractivity contribution >= 4 is 5.91 Å². The predicted molar refractivity (Wildman–Crippen MR) is 83.6 cm³/mol. The smallest absolute Gasteiger partial charge is 0.220 e. The average molecular weight is 298 g/mol. The maximum Gasteiger partial charge on any atom is 0.220 e. The highest BCUT2D eigenvalue weighted by Crippen LogP contribution is 2.17. The summed E-state index contributed by atoms with van der Waals surface area (Å²) in [5, 5.41) is 6.25. The summed E-state index contributed by atoms with van der Waals surface area (Å²) < 4.78 is 12.8. The minimum atomic E-state index is -0.251. The lowest BCUT2D eigenvalue weighted by Gasteiger charge is -2.07. The Balaban J connectivity index is 1.47. The molecule has 114 valence electrons. The van der Waals surface area contributed by atoms with Crippen LogP contribution in [0.5, 0.6) is 0 Å². The summed E-state index contributed by atoms with van der Waals surface area (Å²) in [6, 6.07) is 12.6. The molecule has 1 heterocycles. The van der Waals surface area contributed by atoms with Gasteiger partial charge in [0.2, 0.25) is 5.91 Å². The molecule has 3 rings (SSSR count). The Morgan fingerprint density at radius 2 is 1.77 bits per heavy atom. The molecule has 2 N–H and O–H groups in total. The highest BCUT2D eigenvalue weighted by molar-refractivity contribution is 5.76. The number of hydrogen-bond acceptors (Lipinski definition) is 2. The van der Waals surface area contributed by atoms with E-state index in [2.05, 4.69) is 28.8 Å². The van der Waals surface area contributed by atoms with Crippen LogP contribution in [0.4, 0.5) is 4.39 Å². The molecule has 1 aliphatic rings. The normalized spacial score (nSPS) is 13.0. The molecule has 0 radical (unpaired) electrons. The van der Waals surface area contributed by atoms with Gasteiger partial charge in [0.15, 0.2) is 0 Å². The number of nitrogens with one attached hydrogen (secondary N) is 2. The molecule has 1 amide bonds. The van der Waals surface area contributed by atoms with Gasteiger partial charge >= 0.3 is 0 Å². The lowest BCUT2D eigenvalue weighted by atomic mass is 10.1. The summed E-state index contributed by atoms with van der Waals surface area (Å²) in [5.74, 6) is -0.234. The van der Waals surface area contributed by atoms with Crippen molar-refractivity contribution in [2.45, 2.75) is 32.5 Å². The summed E-state index contributed by atoms with van der Waals surface area (Å²) >= 11 is 0. The van der Waals surface area contributed by atoms with E-state index < -0.39 is 0 Å². The highest BCUT2D eigenvalue weighted by atomic mass is 19.1. The van der Waals surface area contributed by atoms with Gasteiger partial charge in [0.05, 0.1) is 0 Å². The van der Waals surface area contributed by atoms with Gasteiger partial charge in [-0.3, -0.25) is 4.79 Å². The lowest BCUT2D eigenvalue weighted by molar-refractivity contribution is -0.121. The number of benzene rings is 2. The second kappa shape index (κ2) is 6.71. The third-order valence-corrected chi connectivity index (χ3v) is 3.95. The molecular weight excluding hydrogens is 279 g/mol. The molecule has 3 nitrogen and oxygen atoms in total. The second-order valence-electron chi connectivity index (χ2n) is 5.61. The number of carbonyl (C=O) groups excluding carboxylic acids is 1. The highest BCUT2D eigenvalue weighted by Gasteiger charge is 2.10. The summed E-state index contributed by atoms with van der Waals surface area (Å²) in [7, 11) is 0. The zero-order valence-corrected chi connectivity index (χ0v) is 12.4. The van der Waals surface area contributed by atoms with Crippen LogP contribution in [-0.4, -0.2) is 5.91 Å². The van der Waals surface area contributed by atoms with Crippen molar-refractivity contribution in [2.24, 2.45) is 0 Å². The van der Waals surface area contributed by atoms with Gasteiger partial charge in [0, 0.05) is 26.1 Å². The zero-order chi connectivity index (χ0) is 15.4. The van der Waals surface area contributed by atoms with Crippen LogP contribution in [0.15, 0.2) is 42.5 Å². The largest absolute Gasteiger partial charge is 0.352 e. The van der Waals surface area contributed by atoms with Crippen molar-refractivity contribution in [1.29, 1.82) is 0 Å². The standard InChI is InChI=1S/C18H19FN2O/c19-17-6-2-13(3-7-17)4-8-18(22)21-10-14-1-5-15-11-20-12-16(15)9-14/h1-3,5-7,9,20H,4,8,10-12H2,(H,21,22). The summed E-state index contributed by atoms with van der Waals surface area (Å²) in [5.41, 5.74) is 4.75. The number of aryl methyl sites for hydroxylation is 1. The number of amides is 1. The Labute approximate surface area is 129 Å². The van der Waals surface area contributed by atoms with Crippen LogP contribution < -0.4 is 10.6 Å². The molecule has 0 aromatic heterocycles. The predicted octanol–water partition coefficient (Wildman–Crippen LogP) is 2.68. The van der Waals surface area contributed by atoms with Crippen molar-refractivity contribution < 1.29 is 9.18 Å². The van der Waals surface area contributed by atoms with Gasteiger partial charge in [0.1, 0.15) is 5.82 Å². The van der Waals surface area contributed by atoms with E-state index in [1.54, 1.807) is 12.1 Å². The molecule has 0 saturated carbocycles. The summed E-state index contributed by atoms with van der Waals surface area (Å²) in [6.07, 6.45) is 1.04. The van der Waals surface area contributed by atoms with E-state index in [1.165, 1.54) is 23.3 Å². The molecule has 1 aliphatic heterocycles. The zero-order valence-electron chi connectivity index (χ0n) is 12.4. The Bertz CT molecular complexity index is 667. The van der Waals surface area contributed by atoms with Gasteiger partial charge in [0.25, 0.3) is 0 Å². The van der Waals surface area contributed by atoms with Crippen LogP contribution >= 0.6 is 0 Å². The van der Waals surface area contributed by atoms with Crippen LogP contribution in [-0.2, 0) is 30.8 Å². The maximum atomic E-state index is 12.8. The van der Waals surface area contributed by atoms with E-state index in [0.29, 0.717) is 19.4 Å². The van der Waals surface area contributed by atoms with Crippen molar-refractivity contribution in [3.8, 4) is 0 Å². The molecule has 0 atom stereocenters. The van der Waals surface area contributed by atoms with Gasteiger partial charge < -0.3 is 10.6 Å². The van der Waals surface area contributed by atoms with E-state index in [1.807, 2.05) is 0 Å². The first-order valence-corrected chi connectivity index (χ1v) is 7.53. The van der Waals surface area contributed by atoms with Gasteiger partial charge in [-0.05, 0) is 40.8 Å². The van der Waals surface area contributed by atoms with Crippen LogP contribution in [0, 0.1) is 5.82 Å². The van der Waals surface area contributed by atoms with Crippen LogP contribution in [0.3, 0.4) is 0 Å². The van der Waals surface area contributed by atoms with Crippen molar-refractivity contribution in [1.82, 2.24) is 10.6 Å². The summed E-state index contributed by atoms with van der Waals surface area (Å²) in [4.78, 5) is 11.9. The van der Waals surface area contributed by atoms with E-state index >= 15 is 0 Å². The van der Waals surface area contributed by atoms with E-state index in [9.17, 15) is 9.18 Å². The second-order valence-corrected chi connectivity index (χ2v) is 5.61. The number of rotatable bonds is 5. The molecule has 2 aromatic rings. The molecule has 0 fully saturated rings. The fourth-order valence-electron chi connectivity index (χ4n) is 2.66. The van der Waals surface area contributed by atoms with Gasteiger partial charge in [-0.15, -0.1) is 0 Å². The SMILES string of the molecule is O=C(CCc1ccc(F)cc1)NCc1ccc2c(c1)CNC2. The van der Waals surface area contributed by atoms with Gasteiger partial charge in [-0.1, -0.05) is 30.3 Å².